The normalized spacial score (nSPS) is 14.8. The van der Waals surface area contributed by atoms with Gasteiger partial charge >= 0.3 is 0 Å². The van der Waals surface area contributed by atoms with Gasteiger partial charge in [0.25, 0.3) is 0 Å². The first-order chi connectivity index (χ1) is 13.3. The van der Waals surface area contributed by atoms with Crippen molar-refractivity contribution in [1.29, 1.82) is 0 Å². The zero-order chi connectivity index (χ0) is 21.2. The molecule has 1 heteroatoms. The Bertz CT molecular complexity index is 737. The van der Waals surface area contributed by atoms with E-state index in [1.807, 2.05) is 25.2 Å². The van der Waals surface area contributed by atoms with E-state index < -0.39 is 0 Å². The maximum Gasteiger partial charge on any atom is 0.142 e. The fourth-order valence-electron chi connectivity index (χ4n) is 2.16. The first-order valence-electron chi connectivity index (χ1n) is 9.81. The highest BCUT2D eigenvalue weighted by Gasteiger charge is 1.87. The van der Waals surface area contributed by atoms with Crippen LogP contribution in [0.5, 0.6) is 0 Å². The molecule has 0 aromatic carbocycles. The first-order valence-corrected chi connectivity index (χ1v) is 9.81. The zero-order valence-electron chi connectivity index (χ0n) is 18.4. The van der Waals surface area contributed by atoms with Crippen LogP contribution in [0.4, 0.5) is 0 Å². The molecule has 150 valence electrons. The third-order valence-corrected chi connectivity index (χ3v) is 3.82. The van der Waals surface area contributed by atoms with Crippen LogP contribution in [0.25, 0.3) is 0 Å². The van der Waals surface area contributed by atoms with Crippen molar-refractivity contribution in [2.45, 2.75) is 54.4 Å². The van der Waals surface area contributed by atoms with E-state index in [1.54, 1.807) is 6.08 Å². The fourth-order valence-corrected chi connectivity index (χ4v) is 2.16. The molecule has 0 bridgehead atoms. The summed E-state index contributed by atoms with van der Waals surface area (Å²) in [5, 5.41) is 0. The molecule has 1 nitrogen and oxygen atoms in total. The van der Waals surface area contributed by atoms with Gasteiger partial charge in [-0.2, -0.15) is 0 Å². The quantitative estimate of drug-likeness (QED) is 0.155. The van der Waals surface area contributed by atoms with E-state index in [2.05, 4.69) is 83.2 Å². The van der Waals surface area contributed by atoms with Crippen molar-refractivity contribution in [2.24, 2.45) is 0 Å². The van der Waals surface area contributed by atoms with Crippen LogP contribution in [-0.2, 0) is 4.79 Å². The van der Waals surface area contributed by atoms with Crippen molar-refractivity contribution < 1.29 is 4.79 Å². The molecular weight excluding hydrogens is 340 g/mol. The summed E-state index contributed by atoms with van der Waals surface area (Å²) in [6.07, 6.45) is 29.3. The summed E-state index contributed by atoms with van der Waals surface area (Å²) in [6.45, 7) is 12.6. The number of aldehydes is 1. The summed E-state index contributed by atoms with van der Waals surface area (Å²) in [5.41, 5.74) is 6.21. The topological polar surface area (TPSA) is 17.1 Å². The van der Waals surface area contributed by atoms with E-state index in [9.17, 15) is 4.79 Å². The lowest BCUT2D eigenvalue weighted by Crippen LogP contribution is -1.76. The molecule has 0 heterocycles. The highest BCUT2D eigenvalue weighted by molar-refractivity contribution is 5.65. The molecule has 0 saturated heterocycles. The maximum atomic E-state index is 10.3. The summed E-state index contributed by atoms with van der Waals surface area (Å²) in [5.74, 6) is 0. The molecule has 0 amide bonds. The standard InChI is InChI=1S/C27H36O/c1-23(2)13-9-16-26(5)18-11-20-27(6)19-10-17-24(3)14-7-8-15-25(4)21-12-22-28/h7-8,10-15,17-22H,9,16H2,1-6H3/b8-7+,17-10+,20-11+,21-12+,24-14+,25-15+,26-18+,27-19+. The Labute approximate surface area is 172 Å². The third-order valence-electron chi connectivity index (χ3n) is 3.82. The first kappa shape index (κ1) is 25.3. The molecule has 28 heavy (non-hydrogen) atoms. The van der Waals surface area contributed by atoms with Gasteiger partial charge in [0.2, 0.25) is 0 Å². The van der Waals surface area contributed by atoms with Gasteiger partial charge in [-0.15, -0.1) is 0 Å². The van der Waals surface area contributed by atoms with Crippen LogP contribution in [0.2, 0.25) is 0 Å². The highest BCUT2D eigenvalue weighted by atomic mass is 16.1. The molecule has 0 atom stereocenters. The molecule has 0 spiro atoms. The second kappa shape index (κ2) is 16.5. The van der Waals surface area contributed by atoms with Crippen molar-refractivity contribution >= 4 is 6.29 Å². The van der Waals surface area contributed by atoms with Crippen molar-refractivity contribution in [2.75, 3.05) is 0 Å². The maximum absolute atomic E-state index is 10.3. The fraction of sp³-hybridized carbons (Fsp3) is 0.296. The predicted octanol–water partition coefficient (Wildman–Crippen LogP) is 7.94. The van der Waals surface area contributed by atoms with Crippen LogP contribution in [0.1, 0.15) is 54.4 Å². The Morgan fingerprint density at radius 1 is 0.607 bits per heavy atom. The van der Waals surface area contributed by atoms with Gasteiger partial charge in [0.15, 0.2) is 0 Å². The third kappa shape index (κ3) is 16.8. The van der Waals surface area contributed by atoms with Crippen molar-refractivity contribution in [3.05, 3.63) is 107 Å². The summed E-state index contributed by atoms with van der Waals surface area (Å²) in [6, 6.07) is 0. The molecule has 0 aromatic rings. The lowest BCUT2D eigenvalue weighted by Gasteiger charge is -1.96. The lowest BCUT2D eigenvalue weighted by atomic mass is 10.1. The van der Waals surface area contributed by atoms with E-state index in [0.29, 0.717) is 0 Å². The van der Waals surface area contributed by atoms with Crippen LogP contribution in [0.15, 0.2) is 107 Å². The minimum absolute atomic E-state index is 0.782. The molecule has 0 N–H and O–H groups in total. The molecule has 0 aliphatic carbocycles. The van der Waals surface area contributed by atoms with Gasteiger partial charge in [-0.05, 0) is 60.5 Å². The SMILES string of the molecule is CC(C)=CCC/C(C)=C/C=C/C(C)=C/C=C/C(C)=C/C=C/C=C(C)/C=C/C=O. The van der Waals surface area contributed by atoms with Crippen LogP contribution < -0.4 is 0 Å². The van der Waals surface area contributed by atoms with Gasteiger partial charge in [-0.3, -0.25) is 4.79 Å². The molecular formula is C27H36O. The number of hydrogen-bond donors (Lipinski definition) is 0. The van der Waals surface area contributed by atoms with Gasteiger partial charge in [-0.25, -0.2) is 0 Å². The van der Waals surface area contributed by atoms with E-state index in [0.717, 1.165) is 24.7 Å². The molecule has 0 aliphatic rings. The monoisotopic (exact) mass is 376 g/mol. The summed E-state index contributed by atoms with van der Waals surface area (Å²) in [7, 11) is 0. The predicted molar refractivity (Wildman–Crippen MR) is 126 cm³/mol. The van der Waals surface area contributed by atoms with E-state index in [4.69, 9.17) is 0 Å². The van der Waals surface area contributed by atoms with Crippen molar-refractivity contribution in [3.8, 4) is 0 Å². The van der Waals surface area contributed by atoms with Crippen LogP contribution in [0.3, 0.4) is 0 Å². The Balaban J connectivity index is 4.56. The van der Waals surface area contributed by atoms with Crippen molar-refractivity contribution in [1.82, 2.24) is 0 Å². The summed E-state index contributed by atoms with van der Waals surface area (Å²) in [4.78, 5) is 10.3. The Hall–Kier alpha value is -2.67. The number of allylic oxidation sites excluding steroid dienone is 18. The number of rotatable bonds is 11. The summed E-state index contributed by atoms with van der Waals surface area (Å²) >= 11 is 0. The molecule has 0 rings (SSSR count). The second-order valence-corrected chi connectivity index (χ2v) is 7.16. The zero-order valence-corrected chi connectivity index (χ0v) is 18.4. The van der Waals surface area contributed by atoms with Gasteiger partial charge in [-0.1, -0.05) is 101 Å². The largest absolute Gasteiger partial charge is 0.299 e. The Kier molecular flexibility index (Phi) is 14.9. The summed E-state index contributed by atoms with van der Waals surface area (Å²) < 4.78 is 0. The lowest BCUT2D eigenvalue weighted by molar-refractivity contribution is -0.104. The van der Waals surface area contributed by atoms with E-state index in [-0.39, 0.29) is 0 Å². The molecule has 0 unspecified atom stereocenters. The smallest absolute Gasteiger partial charge is 0.142 e. The van der Waals surface area contributed by atoms with Crippen LogP contribution >= 0.6 is 0 Å². The van der Waals surface area contributed by atoms with Gasteiger partial charge in [0, 0.05) is 0 Å². The Morgan fingerprint density at radius 2 is 1.07 bits per heavy atom. The van der Waals surface area contributed by atoms with E-state index in [1.165, 1.54) is 28.4 Å². The van der Waals surface area contributed by atoms with Crippen molar-refractivity contribution in [3.63, 3.8) is 0 Å². The minimum atomic E-state index is 0.782. The van der Waals surface area contributed by atoms with Gasteiger partial charge < -0.3 is 0 Å². The molecule has 0 saturated carbocycles. The van der Waals surface area contributed by atoms with Gasteiger partial charge in [0.05, 0.1) is 0 Å². The number of carbonyl (C=O) groups excluding carboxylic acids is 1. The second-order valence-electron chi connectivity index (χ2n) is 7.16. The van der Waals surface area contributed by atoms with Crippen LogP contribution in [0, 0.1) is 0 Å². The average Bonchev–Trinajstić information content (AvgIpc) is 2.63. The molecule has 0 fully saturated rings. The Morgan fingerprint density at radius 3 is 1.57 bits per heavy atom. The highest BCUT2D eigenvalue weighted by Crippen LogP contribution is 2.07. The molecule has 0 aromatic heterocycles. The average molecular weight is 377 g/mol. The number of hydrogen-bond acceptors (Lipinski definition) is 1. The van der Waals surface area contributed by atoms with E-state index >= 15 is 0 Å². The molecule has 0 aliphatic heterocycles. The minimum Gasteiger partial charge on any atom is -0.299 e. The van der Waals surface area contributed by atoms with Crippen LogP contribution in [-0.4, -0.2) is 6.29 Å². The number of carbonyl (C=O) groups is 1. The van der Waals surface area contributed by atoms with Gasteiger partial charge in [0.1, 0.15) is 6.29 Å². The molecule has 0 radical (unpaired) electrons.